The molecule has 0 aliphatic carbocycles. The normalized spacial score (nSPS) is 9.86. The molecule has 0 aliphatic rings. The number of carboxylic acids is 1. The Morgan fingerprint density at radius 2 is 1.86 bits per heavy atom. The molecule has 0 spiro atoms. The summed E-state index contributed by atoms with van der Waals surface area (Å²) in [5.41, 5.74) is 0.337. The summed E-state index contributed by atoms with van der Waals surface area (Å²) in [5.74, 6) is -0.551. The van der Waals surface area contributed by atoms with Crippen molar-refractivity contribution in [2.75, 3.05) is 19.0 Å². The Kier molecular flexibility index (Phi) is 4.98. The van der Waals surface area contributed by atoms with Gasteiger partial charge in [-0.25, -0.2) is 4.79 Å². The summed E-state index contributed by atoms with van der Waals surface area (Å²) in [4.78, 5) is 22.9. The number of carbonyl (C=O) groups is 2. The molecule has 0 fully saturated rings. The van der Waals surface area contributed by atoms with Gasteiger partial charge in [-0.1, -0.05) is 18.2 Å². The first-order chi connectivity index (χ1) is 10.6. The molecule has 0 aliphatic heterocycles. The zero-order valence-electron chi connectivity index (χ0n) is 11.9. The van der Waals surface area contributed by atoms with Gasteiger partial charge in [-0.2, -0.15) is 0 Å². The molecular formula is C16H15NO5. The zero-order valence-corrected chi connectivity index (χ0v) is 11.9. The van der Waals surface area contributed by atoms with Gasteiger partial charge < -0.3 is 19.9 Å². The van der Waals surface area contributed by atoms with Gasteiger partial charge in [0, 0.05) is 0 Å². The van der Waals surface area contributed by atoms with Crippen molar-refractivity contribution < 1.29 is 24.2 Å². The second-order valence-corrected chi connectivity index (χ2v) is 4.37. The number of nitrogens with one attached hydrogen (secondary N) is 1. The van der Waals surface area contributed by atoms with Gasteiger partial charge in [0.25, 0.3) is 5.91 Å². The standard InChI is InChI=1S/C16H15NO5/c1-21-14-8-7-11(16(19)20)9-13(14)17-15(18)10-22-12-5-3-2-4-6-12/h2-9H,10H2,1H3,(H,17,18)(H,19,20). The van der Waals surface area contributed by atoms with Gasteiger partial charge in [-0.05, 0) is 30.3 Å². The van der Waals surface area contributed by atoms with Crippen molar-refractivity contribution in [1.29, 1.82) is 0 Å². The van der Waals surface area contributed by atoms with Crippen LogP contribution in [0.15, 0.2) is 48.5 Å². The van der Waals surface area contributed by atoms with Crippen molar-refractivity contribution in [3.63, 3.8) is 0 Å². The fourth-order valence-corrected chi connectivity index (χ4v) is 1.79. The summed E-state index contributed by atoms with van der Waals surface area (Å²) in [6, 6.07) is 13.1. The first kappa shape index (κ1) is 15.4. The first-order valence-corrected chi connectivity index (χ1v) is 6.49. The lowest BCUT2D eigenvalue weighted by Crippen LogP contribution is -2.20. The van der Waals surface area contributed by atoms with Crippen LogP contribution in [-0.4, -0.2) is 30.7 Å². The van der Waals surface area contributed by atoms with E-state index in [1.807, 2.05) is 6.07 Å². The minimum absolute atomic E-state index is 0.0556. The molecule has 2 N–H and O–H groups in total. The number of amides is 1. The van der Waals surface area contributed by atoms with Gasteiger partial charge in [0.1, 0.15) is 11.5 Å². The van der Waals surface area contributed by atoms with E-state index in [0.717, 1.165) is 0 Å². The average Bonchev–Trinajstić information content (AvgIpc) is 2.53. The lowest BCUT2D eigenvalue weighted by Gasteiger charge is -2.11. The highest BCUT2D eigenvalue weighted by molar-refractivity contribution is 5.96. The van der Waals surface area contributed by atoms with E-state index in [1.54, 1.807) is 24.3 Å². The highest BCUT2D eigenvalue weighted by Crippen LogP contribution is 2.25. The second-order valence-electron chi connectivity index (χ2n) is 4.37. The van der Waals surface area contributed by atoms with Gasteiger partial charge in [0.2, 0.25) is 0 Å². The minimum Gasteiger partial charge on any atom is -0.495 e. The number of para-hydroxylation sites is 1. The highest BCUT2D eigenvalue weighted by Gasteiger charge is 2.12. The molecule has 6 heteroatoms. The molecule has 0 saturated carbocycles. The third kappa shape index (κ3) is 3.99. The Balaban J connectivity index is 2.04. The molecule has 2 aromatic carbocycles. The molecule has 2 aromatic rings. The Morgan fingerprint density at radius 3 is 2.50 bits per heavy atom. The summed E-state index contributed by atoms with van der Waals surface area (Å²) >= 11 is 0. The van der Waals surface area contributed by atoms with Crippen LogP contribution in [0.25, 0.3) is 0 Å². The lowest BCUT2D eigenvalue weighted by atomic mass is 10.2. The van der Waals surface area contributed by atoms with Gasteiger partial charge in [0.05, 0.1) is 18.4 Å². The van der Waals surface area contributed by atoms with E-state index >= 15 is 0 Å². The Hall–Kier alpha value is -3.02. The maximum atomic E-state index is 11.9. The van der Waals surface area contributed by atoms with Crippen LogP contribution in [0.2, 0.25) is 0 Å². The van der Waals surface area contributed by atoms with Crippen molar-refractivity contribution in [3.05, 3.63) is 54.1 Å². The first-order valence-electron chi connectivity index (χ1n) is 6.49. The molecule has 6 nitrogen and oxygen atoms in total. The molecule has 0 radical (unpaired) electrons. The molecule has 1 amide bonds. The van der Waals surface area contributed by atoms with Crippen molar-refractivity contribution >= 4 is 17.6 Å². The molecule has 22 heavy (non-hydrogen) atoms. The summed E-state index contributed by atoms with van der Waals surface area (Å²) in [5, 5.41) is 11.6. The number of carboxylic acid groups (broad SMARTS) is 1. The monoisotopic (exact) mass is 301 g/mol. The highest BCUT2D eigenvalue weighted by atomic mass is 16.5. The minimum atomic E-state index is -1.08. The molecule has 0 heterocycles. The number of rotatable bonds is 6. The molecule has 2 rings (SSSR count). The number of methoxy groups -OCH3 is 1. The number of hydrogen-bond acceptors (Lipinski definition) is 4. The Bertz CT molecular complexity index is 669. The molecule has 0 bridgehead atoms. The molecule has 0 unspecified atom stereocenters. The van der Waals surface area contributed by atoms with Crippen LogP contribution in [0, 0.1) is 0 Å². The summed E-state index contributed by atoms with van der Waals surface area (Å²) in [6.45, 7) is -0.190. The van der Waals surface area contributed by atoms with Crippen LogP contribution in [0.3, 0.4) is 0 Å². The van der Waals surface area contributed by atoms with Crippen molar-refractivity contribution in [3.8, 4) is 11.5 Å². The van der Waals surface area contributed by atoms with E-state index < -0.39 is 11.9 Å². The second kappa shape index (κ2) is 7.12. The van der Waals surface area contributed by atoms with E-state index in [0.29, 0.717) is 11.5 Å². The fraction of sp³-hybridized carbons (Fsp3) is 0.125. The Morgan fingerprint density at radius 1 is 1.14 bits per heavy atom. The van der Waals surface area contributed by atoms with Crippen molar-refractivity contribution in [2.45, 2.75) is 0 Å². The zero-order chi connectivity index (χ0) is 15.9. The smallest absolute Gasteiger partial charge is 0.335 e. The molecule has 0 atom stereocenters. The topological polar surface area (TPSA) is 84.9 Å². The Labute approximate surface area is 127 Å². The summed E-state index contributed by atoms with van der Waals surface area (Å²) < 4.78 is 10.4. The predicted octanol–water partition coefficient (Wildman–Crippen LogP) is 2.41. The quantitative estimate of drug-likeness (QED) is 0.856. The third-order valence-corrected chi connectivity index (χ3v) is 2.83. The number of aromatic carboxylic acids is 1. The summed E-state index contributed by atoms with van der Waals surface area (Å²) in [6.07, 6.45) is 0. The van der Waals surface area contributed by atoms with Crippen molar-refractivity contribution in [2.24, 2.45) is 0 Å². The van der Waals surface area contributed by atoms with E-state index in [9.17, 15) is 9.59 Å². The number of ether oxygens (including phenoxy) is 2. The summed E-state index contributed by atoms with van der Waals surface area (Å²) in [7, 11) is 1.44. The van der Waals surface area contributed by atoms with Crippen LogP contribution in [-0.2, 0) is 4.79 Å². The maximum Gasteiger partial charge on any atom is 0.335 e. The van der Waals surface area contributed by atoms with Crippen LogP contribution in [0.1, 0.15) is 10.4 Å². The predicted molar refractivity (Wildman–Crippen MR) is 80.5 cm³/mol. The maximum absolute atomic E-state index is 11.9. The van der Waals surface area contributed by atoms with Crippen LogP contribution >= 0.6 is 0 Å². The fourth-order valence-electron chi connectivity index (χ4n) is 1.79. The number of hydrogen-bond donors (Lipinski definition) is 2. The van der Waals surface area contributed by atoms with Gasteiger partial charge in [-0.15, -0.1) is 0 Å². The van der Waals surface area contributed by atoms with Crippen LogP contribution in [0.5, 0.6) is 11.5 Å². The van der Waals surface area contributed by atoms with Crippen molar-refractivity contribution in [1.82, 2.24) is 0 Å². The van der Waals surface area contributed by atoms with E-state index in [1.165, 1.54) is 25.3 Å². The van der Waals surface area contributed by atoms with Crippen LogP contribution < -0.4 is 14.8 Å². The molecule has 114 valence electrons. The molecule has 0 saturated heterocycles. The number of benzene rings is 2. The molecule has 0 aromatic heterocycles. The van der Waals surface area contributed by atoms with Gasteiger partial charge in [-0.3, -0.25) is 4.79 Å². The third-order valence-electron chi connectivity index (χ3n) is 2.83. The van der Waals surface area contributed by atoms with E-state index in [4.69, 9.17) is 14.6 Å². The molecular weight excluding hydrogens is 286 g/mol. The van der Waals surface area contributed by atoms with Gasteiger partial charge >= 0.3 is 5.97 Å². The van der Waals surface area contributed by atoms with Gasteiger partial charge in [0.15, 0.2) is 6.61 Å². The van der Waals surface area contributed by atoms with Crippen LogP contribution in [0.4, 0.5) is 5.69 Å². The average molecular weight is 301 g/mol. The SMILES string of the molecule is COc1ccc(C(=O)O)cc1NC(=O)COc1ccccc1. The number of carbonyl (C=O) groups excluding carboxylic acids is 1. The largest absolute Gasteiger partial charge is 0.495 e. The number of anilines is 1. The van der Waals surface area contributed by atoms with E-state index in [-0.39, 0.29) is 17.9 Å². The van der Waals surface area contributed by atoms with E-state index in [2.05, 4.69) is 5.32 Å². The lowest BCUT2D eigenvalue weighted by molar-refractivity contribution is -0.118.